The molecule has 0 spiro atoms. The summed E-state index contributed by atoms with van der Waals surface area (Å²) in [5, 5.41) is 2.48. The van der Waals surface area contributed by atoms with Crippen LogP contribution in [0, 0.1) is 5.82 Å². The van der Waals surface area contributed by atoms with E-state index >= 15 is 0 Å². The van der Waals surface area contributed by atoms with Crippen molar-refractivity contribution >= 4 is 17.8 Å². The first-order chi connectivity index (χ1) is 11.8. The molecule has 7 heteroatoms. The van der Waals surface area contributed by atoms with Gasteiger partial charge < -0.3 is 10.2 Å². The molecule has 2 rings (SSSR count). The third-order valence-corrected chi connectivity index (χ3v) is 4.03. The number of carbonyl (C=O) groups is 3. The van der Waals surface area contributed by atoms with Crippen LogP contribution >= 0.6 is 0 Å². The standard InChI is InChI=1S/C18H20FN3O3/c1-4-10-21(11-5-2)15(23)12-22-16(24)18(3,20-17(22)25)13-8-6-7-9-14(13)19/h4-9H,1-2,10-12H2,3H3,(H,20,25)/t18-/m1/s1. The lowest BCUT2D eigenvalue weighted by Crippen LogP contribution is -2.45. The Kier molecular flexibility index (Phi) is 5.36. The highest BCUT2D eigenvalue weighted by molar-refractivity contribution is 6.09. The fourth-order valence-corrected chi connectivity index (χ4v) is 2.71. The predicted molar refractivity (Wildman–Crippen MR) is 91.0 cm³/mol. The van der Waals surface area contributed by atoms with E-state index in [-0.39, 0.29) is 18.7 Å². The molecule has 1 saturated heterocycles. The second kappa shape index (κ2) is 7.29. The molecular weight excluding hydrogens is 325 g/mol. The van der Waals surface area contributed by atoms with Gasteiger partial charge in [-0.25, -0.2) is 9.18 Å². The Labute approximate surface area is 145 Å². The number of imide groups is 1. The van der Waals surface area contributed by atoms with E-state index in [0.29, 0.717) is 0 Å². The van der Waals surface area contributed by atoms with E-state index in [0.717, 1.165) is 4.90 Å². The fourth-order valence-electron chi connectivity index (χ4n) is 2.71. The SMILES string of the molecule is C=CCN(CC=C)C(=O)CN1C(=O)N[C@](C)(c2ccccc2F)C1=O. The average molecular weight is 345 g/mol. The van der Waals surface area contributed by atoms with Crippen LogP contribution in [0.25, 0.3) is 0 Å². The number of rotatable bonds is 7. The lowest BCUT2D eigenvalue weighted by molar-refractivity contribution is -0.138. The van der Waals surface area contributed by atoms with Crippen molar-refractivity contribution in [2.24, 2.45) is 0 Å². The second-order valence-corrected chi connectivity index (χ2v) is 5.80. The summed E-state index contributed by atoms with van der Waals surface area (Å²) in [7, 11) is 0. The quantitative estimate of drug-likeness (QED) is 0.605. The molecule has 4 amide bonds. The Balaban J connectivity index is 2.24. The van der Waals surface area contributed by atoms with Crippen molar-refractivity contribution in [3.8, 4) is 0 Å². The largest absolute Gasteiger partial charge is 0.334 e. The van der Waals surface area contributed by atoms with Gasteiger partial charge in [-0.05, 0) is 13.0 Å². The number of halogens is 1. The maximum absolute atomic E-state index is 14.1. The number of nitrogens with one attached hydrogen (secondary N) is 1. The summed E-state index contributed by atoms with van der Waals surface area (Å²) in [6.45, 7) is 8.65. The summed E-state index contributed by atoms with van der Waals surface area (Å²) in [5.74, 6) is -1.71. The van der Waals surface area contributed by atoms with E-state index in [9.17, 15) is 18.8 Å². The molecule has 0 unspecified atom stereocenters. The zero-order chi connectivity index (χ0) is 18.6. The molecule has 25 heavy (non-hydrogen) atoms. The van der Waals surface area contributed by atoms with Crippen LogP contribution < -0.4 is 5.32 Å². The maximum atomic E-state index is 14.1. The number of hydrogen-bond donors (Lipinski definition) is 1. The number of nitrogens with zero attached hydrogens (tertiary/aromatic N) is 2. The molecule has 0 aromatic heterocycles. The van der Waals surface area contributed by atoms with Gasteiger partial charge in [0.2, 0.25) is 5.91 Å². The Morgan fingerprint density at radius 2 is 1.88 bits per heavy atom. The van der Waals surface area contributed by atoms with E-state index in [4.69, 9.17) is 0 Å². The van der Waals surface area contributed by atoms with Crippen LogP contribution in [0.1, 0.15) is 12.5 Å². The topological polar surface area (TPSA) is 69.7 Å². The Hall–Kier alpha value is -2.96. The van der Waals surface area contributed by atoms with Crippen LogP contribution in [0.4, 0.5) is 9.18 Å². The van der Waals surface area contributed by atoms with Gasteiger partial charge in [-0.15, -0.1) is 13.2 Å². The van der Waals surface area contributed by atoms with Gasteiger partial charge in [0.05, 0.1) is 0 Å². The predicted octanol–water partition coefficient (Wildman–Crippen LogP) is 1.79. The third kappa shape index (κ3) is 3.45. The number of carbonyl (C=O) groups excluding carboxylic acids is 3. The maximum Gasteiger partial charge on any atom is 0.325 e. The average Bonchev–Trinajstić information content (AvgIpc) is 2.79. The number of urea groups is 1. The number of amides is 4. The van der Waals surface area contributed by atoms with Crippen molar-refractivity contribution in [2.75, 3.05) is 19.6 Å². The first kappa shape index (κ1) is 18.4. The molecule has 1 aromatic carbocycles. The van der Waals surface area contributed by atoms with E-state index in [2.05, 4.69) is 18.5 Å². The molecule has 6 nitrogen and oxygen atoms in total. The molecule has 0 radical (unpaired) electrons. The van der Waals surface area contributed by atoms with Gasteiger partial charge >= 0.3 is 6.03 Å². The summed E-state index contributed by atoms with van der Waals surface area (Å²) in [6, 6.07) is 4.98. The highest BCUT2D eigenvalue weighted by atomic mass is 19.1. The van der Waals surface area contributed by atoms with Gasteiger partial charge in [0.25, 0.3) is 5.91 Å². The molecule has 0 bridgehead atoms. The van der Waals surface area contributed by atoms with E-state index in [1.165, 1.54) is 42.2 Å². The summed E-state index contributed by atoms with van der Waals surface area (Å²) < 4.78 is 14.1. The summed E-state index contributed by atoms with van der Waals surface area (Å²) in [5.41, 5.74) is -1.50. The zero-order valence-corrected chi connectivity index (χ0v) is 14.0. The summed E-state index contributed by atoms with van der Waals surface area (Å²) in [6.07, 6.45) is 3.08. The zero-order valence-electron chi connectivity index (χ0n) is 14.0. The van der Waals surface area contributed by atoms with E-state index in [1.54, 1.807) is 6.07 Å². The first-order valence-corrected chi connectivity index (χ1v) is 7.73. The van der Waals surface area contributed by atoms with Gasteiger partial charge in [-0.3, -0.25) is 14.5 Å². The molecule has 1 aliphatic rings. The second-order valence-electron chi connectivity index (χ2n) is 5.80. The Bertz CT molecular complexity index is 724. The van der Waals surface area contributed by atoms with Crippen LogP contribution in [0.15, 0.2) is 49.6 Å². The minimum Gasteiger partial charge on any atom is -0.334 e. The number of benzene rings is 1. The highest BCUT2D eigenvalue weighted by Crippen LogP contribution is 2.30. The molecule has 132 valence electrons. The fraction of sp³-hybridized carbons (Fsp3) is 0.278. The van der Waals surface area contributed by atoms with Crippen molar-refractivity contribution in [2.45, 2.75) is 12.5 Å². The minimum atomic E-state index is -1.55. The van der Waals surface area contributed by atoms with Crippen molar-refractivity contribution < 1.29 is 18.8 Å². The molecule has 1 fully saturated rings. The van der Waals surface area contributed by atoms with E-state index in [1.807, 2.05) is 0 Å². The van der Waals surface area contributed by atoms with Gasteiger partial charge in [0, 0.05) is 18.7 Å². The molecule has 0 saturated carbocycles. The number of hydrogen-bond acceptors (Lipinski definition) is 3. The molecule has 1 aromatic rings. The normalized spacial score (nSPS) is 19.5. The van der Waals surface area contributed by atoms with Gasteiger partial charge in [0.1, 0.15) is 17.9 Å². The van der Waals surface area contributed by atoms with Crippen molar-refractivity contribution in [1.29, 1.82) is 0 Å². The molecule has 1 atom stereocenters. The third-order valence-electron chi connectivity index (χ3n) is 4.03. The smallest absolute Gasteiger partial charge is 0.325 e. The lowest BCUT2D eigenvalue weighted by atomic mass is 9.91. The lowest BCUT2D eigenvalue weighted by Gasteiger charge is -2.24. The molecule has 1 N–H and O–H groups in total. The Morgan fingerprint density at radius 1 is 1.28 bits per heavy atom. The summed E-state index contributed by atoms with van der Waals surface area (Å²) in [4.78, 5) is 39.5. The van der Waals surface area contributed by atoms with Crippen LogP contribution in [0.2, 0.25) is 0 Å². The van der Waals surface area contributed by atoms with Crippen LogP contribution in [-0.4, -0.2) is 47.3 Å². The van der Waals surface area contributed by atoms with E-state index < -0.39 is 35.7 Å². The van der Waals surface area contributed by atoms with Crippen LogP contribution in [-0.2, 0) is 15.1 Å². The summed E-state index contributed by atoms with van der Waals surface area (Å²) >= 11 is 0. The molecule has 1 heterocycles. The van der Waals surface area contributed by atoms with Crippen molar-refractivity contribution in [1.82, 2.24) is 15.1 Å². The molecular formula is C18H20FN3O3. The van der Waals surface area contributed by atoms with Gasteiger partial charge in [0.15, 0.2) is 0 Å². The van der Waals surface area contributed by atoms with Crippen LogP contribution in [0.3, 0.4) is 0 Å². The molecule has 0 aliphatic carbocycles. The van der Waals surface area contributed by atoms with Crippen molar-refractivity contribution in [3.63, 3.8) is 0 Å². The first-order valence-electron chi connectivity index (χ1n) is 7.73. The monoisotopic (exact) mass is 345 g/mol. The minimum absolute atomic E-state index is 0.0531. The highest BCUT2D eigenvalue weighted by Gasteiger charge is 2.50. The van der Waals surface area contributed by atoms with Gasteiger partial charge in [-0.1, -0.05) is 30.4 Å². The molecule has 1 aliphatic heterocycles. The Morgan fingerprint density at radius 3 is 2.44 bits per heavy atom. The van der Waals surface area contributed by atoms with Crippen molar-refractivity contribution in [3.05, 3.63) is 61.0 Å². The van der Waals surface area contributed by atoms with Gasteiger partial charge in [-0.2, -0.15) is 0 Å². The van der Waals surface area contributed by atoms with Crippen LogP contribution in [0.5, 0.6) is 0 Å².